The molecule has 0 heterocycles. The average Bonchev–Trinajstić information content (AvgIpc) is 1.80. The molecule has 0 nitrogen and oxygen atoms in total. The van der Waals surface area contributed by atoms with Crippen molar-refractivity contribution in [2.24, 2.45) is 0 Å². The molecule has 8 heteroatoms. The molecular formula is C5H7ClF6Si. The van der Waals surface area contributed by atoms with Crippen LogP contribution in [0.5, 0.6) is 0 Å². The van der Waals surface area contributed by atoms with E-state index >= 15 is 0 Å². The molecule has 0 fully saturated rings. The molecule has 0 N–H and O–H groups in total. The molecule has 0 amide bonds. The minimum atomic E-state index is -5.63. The van der Waals surface area contributed by atoms with Crippen LogP contribution in [0.25, 0.3) is 0 Å². The van der Waals surface area contributed by atoms with E-state index in [4.69, 9.17) is 11.1 Å². The van der Waals surface area contributed by atoms with Gasteiger partial charge in [0.25, 0.3) is 11.7 Å². The van der Waals surface area contributed by atoms with E-state index in [2.05, 4.69) is 0 Å². The highest BCUT2D eigenvalue weighted by molar-refractivity contribution is 7.20. The van der Waals surface area contributed by atoms with Crippen molar-refractivity contribution >= 4 is 18.5 Å². The van der Waals surface area contributed by atoms with E-state index in [0.717, 1.165) is 0 Å². The fourth-order valence-corrected chi connectivity index (χ4v) is 2.48. The van der Waals surface area contributed by atoms with Crippen LogP contribution in [0.4, 0.5) is 26.3 Å². The maximum Gasteiger partial charge on any atom is 0.426 e. The highest BCUT2D eigenvalue weighted by Crippen LogP contribution is 2.46. The number of hydrogen-bond acceptors (Lipinski definition) is 0. The minimum absolute atomic E-state index is 0.689. The maximum atomic E-state index is 13.0. The number of alkyl halides is 6. The zero-order valence-electron chi connectivity index (χ0n) is 6.72. The third-order valence-corrected chi connectivity index (χ3v) is 4.64. The molecule has 0 aromatic heterocycles. The zero-order valence-corrected chi connectivity index (χ0v) is 8.48. The SMILES string of the molecule is C[Si](C)(Cl)C(F)(C(F)F)C(F)(F)F. The summed E-state index contributed by atoms with van der Waals surface area (Å²) in [7, 11) is -4.18. The third-order valence-electron chi connectivity index (χ3n) is 1.58. The van der Waals surface area contributed by atoms with Gasteiger partial charge in [-0.05, 0) is 0 Å². The predicted octanol–water partition coefficient (Wildman–Crippen LogP) is 3.51. The van der Waals surface area contributed by atoms with Crippen molar-refractivity contribution in [1.29, 1.82) is 0 Å². The lowest BCUT2D eigenvalue weighted by molar-refractivity contribution is -0.235. The van der Waals surface area contributed by atoms with Gasteiger partial charge < -0.3 is 0 Å². The predicted molar refractivity (Wildman–Crippen MR) is 39.2 cm³/mol. The average molecular weight is 245 g/mol. The Morgan fingerprint density at radius 1 is 1.08 bits per heavy atom. The van der Waals surface area contributed by atoms with Crippen LogP contribution < -0.4 is 0 Å². The van der Waals surface area contributed by atoms with Crippen molar-refractivity contribution in [1.82, 2.24) is 0 Å². The quantitative estimate of drug-likeness (QED) is 0.396. The van der Waals surface area contributed by atoms with Gasteiger partial charge in [-0.1, -0.05) is 13.1 Å². The van der Waals surface area contributed by atoms with Gasteiger partial charge in [-0.15, -0.1) is 0 Å². The van der Waals surface area contributed by atoms with Crippen LogP contribution in [0.3, 0.4) is 0 Å². The molecule has 0 saturated carbocycles. The Balaban J connectivity index is 5.22. The van der Waals surface area contributed by atoms with Gasteiger partial charge in [-0.3, -0.25) is 0 Å². The van der Waals surface area contributed by atoms with Crippen molar-refractivity contribution in [2.45, 2.75) is 31.0 Å². The van der Waals surface area contributed by atoms with Crippen LogP contribution in [-0.4, -0.2) is 25.3 Å². The lowest BCUT2D eigenvalue weighted by atomic mass is 10.4. The number of rotatable bonds is 2. The van der Waals surface area contributed by atoms with Gasteiger partial charge in [0.1, 0.15) is 0 Å². The van der Waals surface area contributed by atoms with Crippen LogP contribution >= 0.6 is 11.1 Å². The van der Waals surface area contributed by atoms with E-state index in [-0.39, 0.29) is 0 Å². The molecular weight excluding hydrogens is 238 g/mol. The first-order chi connectivity index (χ1) is 5.44. The van der Waals surface area contributed by atoms with E-state index in [1.54, 1.807) is 0 Å². The summed E-state index contributed by atoms with van der Waals surface area (Å²) in [6.45, 7) is 1.38. The smallest absolute Gasteiger partial charge is 0.230 e. The Labute approximate surface area is 76.6 Å². The molecule has 0 saturated heterocycles. The highest BCUT2D eigenvalue weighted by Gasteiger charge is 2.71. The normalized spacial score (nSPS) is 18.9. The Bertz CT molecular complexity index is 168. The summed E-state index contributed by atoms with van der Waals surface area (Å²) in [6, 6.07) is 0. The molecule has 0 aliphatic heterocycles. The van der Waals surface area contributed by atoms with Crippen LogP contribution in [0, 0.1) is 0 Å². The fourth-order valence-electron chi connectivity index (χ4n) is 0.720. The van der Waals surface area contributed by atoms with Gasteiger partial charge in [-0.25, -0.2) is 13.2 Å². The van der Waals surface area contributed by atoms with Gasteiger partial charge in [-0.2, -0.15) is 24.3 Å². The van der Waals surface area contributed by atoms with Gasteiger partial charge >= 0.3 is 6.18 Å². The molecule has 0 aliphatic carbocycles. The van der Waals surface area contributed by atoms with Crippen LogP contribution in [-0.2, 0) is 0 Å². The standard InChI is InChI=1S/C5H7ClF6Si/c1-13(2,6)4(9,3(7)8)5(10,11)12/h3H,1-2H3. The molecule has 0 radical (unpaired) electrons. The topological polar surface area (TPSA) is 0 Å². The second kappa shape index (κ2) is 3.34. The Morgan fingerprint density at radius 2 is 1.38 bits per heavy atom. The summed E-state index contributed by atoms with van der Waals surface area (Å²) < 4.78 is 72.7. The van der Waals surface area contributed by atoms with Crippen LogP contribution in [0.1, 0.15) is 0 Å². The zero-order chi connectivity index (χ0) is 11.1. The Kier molecular flexibility index (Phi) is 3.36. The second-order valence-corrected chi connectivity index (χ2v) is 9.49. The first-order valence-electron chi connectivity index (χ1n) is 3.17. The summed E-state index contributed by atoms with van der Waals surface area (Å²) in [5, 5.41) is -4.55. The van der Waals surface area contributed by atoms with Gasteiger partial charge in [0.15, 0.2) is 0 Å². The van der Waals surface area contributed by atoms with Gasteiger partial charge in [0, 0.05) is 0 Å². The molecule has 1 unspecified atom stereocenters. The summed E-state index contributed by atoms with van der Waals surface area (Å²) in [6.07, 6.45) is -9.77. The third kappa shape index (κ3) is 2.12. The van der Waals surface area contributed by atoms with Gasteiger partial charge in [0.05, 0.1) is 0 Å². The molecule has 0 aromatic carbocycles. The van der Waals surface area contributed by atoms with Crippen molar-refractivity contribution < 1.29 is 26.3 Å². The van der Waals surface area contributed by atoms with Crippen molar-refractivity contribution in [3.8, 4) is 0 Å². The van der Waals surface area contributed by atoms with Gasteiger partial charge in [0.2, 0.25) is 7.38 Å². The number of halogens is 7. The van der Waals surface area contributed by atoms with Crippen LogP contribution in [0.2, 0.25) is 13.1 Å². The molecule has 0 aliphatic rings. The highest BCUT2D eigenvalue weighted by atomic mass is 35.6. The Morgan fingerprint density at radius 3 is 1.38 bits per heavy atom. The van der Waals surface area contributed by atoms with E-state index in [1.165, 1.54) is 0 Å². The molecule has 80 valence electrons. The maximum absolute atomic E-state index is 13.0. The lowest BCUT2D eigenvalue weighted by Crippen LogP contribution is -2.62. The largest absolute Gasteiger partial charge is 0.426 e. The lowest BCUT2D eigenvalue weighted by Gasteiger charge is -2.34. The minimum Gasteiger partial charge on any atom is -0.230 e. The monoisotopic (exact) mass is 244 g/mol. The summed E-state index contributed by atoms with van der Waals surface area (Å²) >= 11 is 5.08. The summed E-state index contributed by atoms with van der Waals surface area (Å²) in [4.78, 5) is 0. The number of hydrogen-bond donors (Lipinski definition) is 0. The first-order valence-corrected chi connectivity index (χ1v) is 7.18. The summed E-state index contributed by atoms with van der Waals surface area (Å²) in [5.74, 6) is 0. The van der Waals surface area contributed by atoms with Crippen molar-refractivity contribution in [2.75, 3.05) is 0 Å². The van der Waals surface area contributed by atoms with E-state index < -0.39 is 25.3 Å². The molecule has 1 atom stereocenters. The van der Waals surface area contributed by atoms with E-state index in [9.17, 15) is 26.3 Å². The molecule has 0 spiro atoms. The molecule has 0 bridgehead atoms. The fraction of sp³-hybridized carbons (Fsp3) is 1.00. The Hall–Kier alpha value is 0.0869. The van der Waals surface area contributed by atoms with Crippen LogP contribution in [0.15, 0.2) is 0 Å². The van der Waals surface area contributed by atoms with E-state index in [1.807, 2.05) is 0 Å². The molecule has 0 aromatic rings. The first kappa shape index (κ1) is 13.1. The van der Waals surface area contributed by atoms with Crippen molar-refractivity contribution in [3.05, 3.63) is 0 Å². The summed E-state index contributed by atoms with van der Waals surface area (Å²) in [5.41, 5.74) is 0. The molecule has 0 rings (SSSR count). The second-order valence-electron chi connectivity index (χ2n) is 2.98. The van der Waals surface area contributed by atoms with E-state index in [0.29, 0.717) is 13.1 Å². The van der Waals surface area contributed by atoms with Crippen molar-refractivity contribution in [3.63, 3.8) is 0 Å². The molecule has 13 heavy (non-hydrogen) atoms.